The summed E-state index contributed by atoms with van der Waals surface area (Å²) < 4.78 is 52.6. The predicted molar refractivity (Wildman–Crippen MR) is 185 cm³/mol. The minimum absolute atomic E-state index is 0.151. The number of carbonyl (C=O) groups is 2. The van der Waals surface area contributed by atoms with Crippen LogP contribution in [0.4, 0.5) is 24.5 Å². The summed E-state index contributed by atoms with van der Waals surface area (Å²) in [7, 11) is 3.16. The fourth-order valence-corrected chi connectivity index (χ4v) is 6.76. The van der Waals surface area contributed by atoms with Crippen LogP contribution in [0, 0.1) is 5.82 Å². The van der Waals surface area contributed by atoms with Crippen molar-refractivity contribution in [3.63, 3.8) is 0 Å². The maximum absolute atomic E-state index is 15.4. The van der Waals surface area contributed by atoms with Crippen molar-refractivity contribution < 1.29 is 27.5 Å². The van der Waals surface area contributed by atoms with Crippen molar-refractivity contribution in [1.82, 2.24) is 25.1 Å². The molecule has 2 aliphatic heterocycles. The maximum atomic E-state index is 15.4. The number of ether oxygens (including phenoxy) is 1. The predicted octanol–water partition coefficient (Wildman–Crippen LogP) is 4.53. The smallest absolute Gasteiger partial charge is 0.275 e. The van der Waals surface area contributed by atoms with E-state index in [1.165, 1.54) is 30.0 Å². The zero-order chi connectivity index (χ0) is 35.6. The lowest BCUT2D eigenvalue weighted by Crippen LogP contribution is -2.57. The molecule has 0 aliphatic carbocycles. The third-order valence-electron chi connectivity index (χ3n) is 9.11. The first-order valence-electron chi connectivity index (χ1n) is 16.2. The first-order valence-corrected chi connectivity index (χ1v) is 16.6. The van der Waals surface area contributed by atoms with Crippen LogP contribution in [0.25, 0.3) is 21.9 Å². The number of aromatic nitrogens is 2. The molecule has 2 saturated heterocycles. The molecule has 4 N–H and O–H groups in total. The van der Waals surface area contributed by atoms with Crippen LogP contribution in [0.5, 0.6) is 5.75 Å². The number of aryl methyl sites for hydroxylation is 1. The Morgan fingerprint density at radius 2 is 1.92 bits per heavy atom. The van der Waals surface area contributed by atoms with Gasteiger partial charge in [-0.15, -0.1) is 0 Å². The van der Waals surface area contributed by atoms with Crippen LogP contribution in [0.2, 0.25) is 5.02 Å². The van der Waals surface area contributed by atoms with Crippen molar-refractivity contribution in [2.45, 2.75) is 43.8 Å². The summed E-state index contributed by atoms with van der Waals surface area (Å²) in [5.74, 6) is -3.96. The number of pyridine rings is 2. The number of imide groups is 1. The molecule has 15 heteroatoms. The quantitative estimate of drug-likeness (QED) is 0.131. The Bertz CT molecular complexity index is 1990. The van der Waals surface area contributed by atoms with Gasteiger partial charge in [-0.3, -0.25) is 29.6 Å². The van der Waals surface area contributed by atoms with E-state index in [-0.39, 0.29) is 49.6 Å². The highest BCUT2D eigenvalue weighted by Crippen LogP contribution is 2.38. The van der Waals surface area contributed by atoms with Crippen LogP contribution in [0.15, 0.2) is 59.8 Å². The van der Waals surface area contributed by atoms with Crippen molar-refractivity contribution >= 4 is 45.6 Å². The number of halogens is 4. The van der Waals surface area contributed by atoms with Gasteiger partial charge in [-0.1, -0.05) is 11.6 Å². The average molecular weight is 712 g/mol. The molecule has 4 heterocycles. The lowest BCUT2D eigenvalue weighted by atomic mass is 9.98. The summed E-state index contributed by atoms with van der Waals surface area (Å²) in [5.41, 5.74) is 2.46. The van der Waals surface area contributed by atoms with Crippen molar-refractivity contribution in [3.8, 4) is 16.9 Å². The number of likely N-dealkylation sites (tertiary alicyclic amines) is 1. The minimum Gasteiger partial charge on any atom is -0.496 e. The molecule has 2 fully saturated rings. The lowest BCUT2D eigenvalue weighted by molar-refractivity contribution is -0.133. The Labute approximate surface area is 291 Å². The third kappa shape index (κ3) is 7.57. The second kappa shape index (κ2) is 14.7. The van der Waals surface area contributed by atoms with Crippen molar-refractivity contribution in [2.24, 2.45) is 7.05 Å². The largest absolute Gasteiger partial charge is 0.496 e. The van der Waals surface area contributed by atoms with Crippen LogP contribution in [-0.4, -0.2) is 77.6 Å². The first kappa shape index (κ1) is 35.2. The SMILES string of the molecule is COc1cc(-c2cn(C)c(=O)c3cnccc23)cc(Cl)c1CN1CCC(NCCNc2ccc(NC3CCC(=O)NC3=O)cc2F)C(F)(F)C1. The van der Waals surface area contributed by atoms with Crippen molar-refractivity contribution in [1.29, 1.82) is 0 Å². The molecule has 0 saturated carbocycles. The molecule has 6 rings (SSSR count). The minimum atomic E-state index is -3.05. The van der Waals surface area contributed by atoms with Gasteiger partial charge in [0.1, 0.15) is 17.6 Å². The van der Waals surface area contributed by atoms with Crippen LogP contribution >= 0.6 is 11.6 Å². The van der Waals surface area contributed by atoms with Gasteiger partial charge >= 0.3 is 0 Å². The molecule has 50 heavy (non-hydrogen) atoms. The number of carbonyl (C=O) groups excluding carboxylic acids is 2. The molecule has 0 radical (unpaired) electrons. The van der Waals surface area contributed by atoms with Gasteiger partial charge in [0.2, 0.25) is 11.8 Å². The molecular formula is C35H37ClF3N7O4. The zero-order valence-corrected chi connectivity index (χ0v) is 28.3. The summed E-state index contributed by atoms with van der Waals surface area (Å²) in [5, 5.41) is 12.5. The van der Waals surface area contributed by atoms with E-state index in [1.807, 2.05) is 0 Å². The number of hydrogen-bond donors (Lipinski definition) is 4. The van der Waals surface area contributed by atoms with Crippen molar-refractivity contribution in [3.05, 3.63) is 81.7 Å². The third-order valence-corrected chi connectivity index (χ3v) is 9.45. The second-order valence-electron chi connectivity index (χ2n) is 12.6. The van der Waals surface area contributed by atoms with E-state index in [4.69, 9.17) is 16.3 Å². The summed E-state index contributed by atoms with van der Waals surface area (Å²) >= 11 is 6.76. The van der Waals surface area contributed by atoms with Gasteiger partial charge in [-0.05, 0) is 60.2 Å². The molecule has 4 aromatic rings. The molecule has 2 aromatic carbocycles. The van der Waals surface area contributed by atoms with E-state index in [0.717, 1.165) is 5.56 Å². The van der Waals surface area contributed by atoms with E-state index in [0.29, 0.717) is 51.3 Å². The van der Waals surface area contributed by atoms with E-state index in [2.05, 4.69) is 26.3 Å². The molecule has 11 nitrogen and oxygen atoms in total. The highest BCUT2D eigenvalue weighted by molar-refractivity contribution is 6.32. The van der Waals surface area contributed by atoms with E-state index in [9.17, 15) is 18.8 Å². The molecule has 2 aliphatic rings. The lowest BCUT2D eigenvalue weighted by Gasteiger charge is -2.39. The summed E-state index contributed by atoms with van der Waals surface area (Å²) in [4.78, 5) is 41.7. The summed E-state index contributed by atoms with van der Waals surface area (Å²) in [6, 6.07) is 7.95. The molecule has 264 valence electrons. The molecule has 0 spiro atoms. The number of fused-ring (bicyclic) bond motifs is 1. The maximum Gasteiger partial charge on any atom is 0.275 e. The van der Waals surface area contributed by atoms with Gasteiger partial charge in [0.15, 0.2) is 0 Å². The fraction of sp³-hybridized carbons (Fsp3) is 0.371. The number of piperidine rings is 2. The molecule has 2 unspecified atom stereocenters. The molecule has 2 aromatic heterocycles. The second-order valence-corrected chi connectivity index (χ2v) is 13.0. The van der Waals surface area contributed by atoms with E-state index < -0.39 is 36.3 Å². The fourth-order valence-electron chi connectivity index (χ4n) is 6.49. The summed E-state index contributed by atoms with van der Waals surface area (Å²) in [6.07, 6.45) is 5.54. The van der Waals surface area contributed by atoms with Crippen LogP contribution in [0.1, 0.15) is 24.8 Å². The van der Waals surface area contributed by atoms with E-state index in [1.54, 1.807) is 48.6 Å². The van der Waals surface area contributed by atoms with Crippen molar-refractivity contribution in [2.75, 3.05) is 43.9 Å². The molecule has 2 amide bonds. The van der Waals surface area contributed by atoms with E-state index >= 15 is 8.78 Å². The van der Waals surface area contributed by atoms with Gasteiger partial charge in [-0.2, -0.15) is 0 Å². The van der Waals surface area contributed by atoms with Gasteiger partial charge < -0.3 is 25.3 Å². The summed E-state index contributed by atoms with van der Waals surface area (Å²) in [6.45, 7) is 0.420. The van der Waals surface area contributed by atoms with Gasteiger partial charge in [0.25, 0.3) is 11.5 Å². The Balaban J connectivity index is 1.04. The first-order chi connectivity index (χ1) is 23.9. The standard InChI is InChI=1S/C35H37ClF3N7O4/c1-45-17-24(22-7-9-40-16-23(22)34(45)49)20-13-26(36)25(30(14-20)50-2)18-46-12-8-31(35(38,39)19-46)42-11-10-41-28-4-3-21(15-27(28)37)43-29-5-6-32(47)44-33(29)48/h3-4,7,9,13-17,29,31,41-43H,5-6,8,10-12,18-19H2,1-2H3,(H,44,47,48). The van der Waals surface area contributed by atoms with Crippen LogP contribution in [-0.2, 0) is 23.2 Å². The van der Waals surface area contributed by atoms with Gasteiger partial charge in [0, 0.05) is 80.1 Å². The Kier molecular flexibility index (Phi) is 10.3. The van der Waals surface area contributed by atoms with Crippen LogP contribution < -0.4 is 31.6 Å². The Morgan fingerprint density at radius 1 is 1.10 bits per heavy atom. The topological polar surface area (TPSA) is 130 Å². The number of anilines is 2. The average Bonchev–Trinajstić information content (AvgIpc) is 3.08. The van der Waals surface area contributed by atoms with Gasteiger partial charge in [-0.25, -0.2) is 13.2 Å². The monoisotopic (exact) mass is 711 g/mol. The number of hydrogen-bond acceptors (Lipinski definition) is 9. The zero-order valence-electron chi connectivity index (χ0n) is 27.5. The number of benzene rings is 2. The highest BCUT2D eigenvalue weighted by atomic mass is 35.5. The highest BCUT2D eigenvalue weighted by Gasteiger charge is 2.44. The normalized spacial score (nSPS) is 19.3. The Morgan fingerprint density at radius 3 is 2.66 bits per heavy atom. The molecule has 0 bridgehead atoms. The number of rotatable bonds is 11. The Hall–Kier alpha value is -4.66. The number of methoxy groups -OCH3 is 1. The number of nitrogens with zero attached hydrogens (tertiary/aromatic N) is 3. The van der Waals surface area contributed by atoms with Crippen LogP contribution in [0.3, 0.4) is 0 Å². The number of nitrogens with one attached hydrogen (secondary N) is 4. The molecular weight excluding hydrogens is 675 g/mol. The number of alkyl halides is 2. The molecule has 2 atom stereocenters. The number of amides is 2. The van der Waals surface area contributed by atoms with Gasteiger partial charge in [0.05, 0.1) is 30.8 Å².